The number of rotatable bonds is 4. The van der Waals surface area contributed by atoms with Gasteiger partial charge in [0.25, 0.3) is 0 Å². The van der Waals surface area contributed by atoms with Gasteiger partial charge in [0.15, 0.2) is 0 Å². The normalized spacial score (nSPS) is 8.69. The molecule has 0 aliphatic carbocycles. The van der Waals surface area contributed by atoms with Gasteiger partial charge in [0.1, 0.15) is 6.61 Å². The maximum atomic E-state index is 11.1. The lowest BCUT2D eigenvalue weighted by Crippen LogP contribution is -2.34. The molecule has 0 atom stereocenters. The Morgan fingerprint density at radius 1 is 1.38 bits per heavy atom. The molecule has 0 N–H and O–H groups in total. The summed E-state index contributed by atoms with van der Waals surface area (Å²) in [5.41, 5.74) is 0. The van der Waals surface area contributed by atoms with E-state index in [-0.39, 0.29) is 6.61 Å². The van der Waals surface area contributed by atoms with Crippen molar-refractivity contribution in [3.8, 4) is 0 Å². The fourth-order valence-electron chi connectivity index (χ4n) is 0.629. The number of carbonyl (C=O) groups excluding carboxylic acids is 2. The summed E-state index contributed by atoms with van der Waals surface area (Å²) < 4.78 is 4.54. The molecule has 0 bridgehead atoms. The Balaban J connectivity index is 4.00. The molecule has 0 unspecified atom stereocenters. The molecule has 0 radical (unpaired) electrons. The first kappa shape index (κ1) is 11.4. The fraction of sp³-hybridized carbons (Fsp3) is 0.333. The van der Waals surface area contributed by atoms with Crippen LogP contribution in [0.25, 0.3) is 0 Å². The predicted molar refractivity (Wildman–Crippen MR) is 49.0 cm³/mol. The average Bonchev–Trinajstić information content (AvgIpc) is 2.13. The summed E-state index contributed by atoms with van der Waals surface area (Å²) in [6.45, 7) is 7.17. The van der Waals surface area contributed by atoms with Crippen molar-refractivity contribution in [2.24, 2.45) is 0 Å². The third-order valence-corrected chi connectivity index (χ3v) is 1.26. The van der Waals surface area contributed by atoms with Crippen LogP contribution < -0.4 is 0 Å². The van der Waals surface area contributed by atoms with Crippen molar-refractivity contribution in [2.45, 2.75) is 0 Å². The first-order valence-corrected chi connectivity index (χ1v) is 3.77. The second-order valence-corrected chi connectivity index (χ2v) is 2.36. The van der Waals surface area contributed by atoms with E-state index in [2.05, 4.69) is 17.9 Å². The Kier molecular flexibility index (Phi) is 5.27. The van der Waals surface area contributed by atoms with E-state index in [4.69, 9.17) is 0 Å². The van der Waals surface area contributed by atoms with Gasteiger partial charge in [-0.3, -0.25) is 4.79 Å². The van der Waals surface area contributed by atoms with E-state index < -0.39 is 11.9 Å². The molecule has 4 heteroatoms. The second-order valence-electron chi connectivity index (χ2n) is 2.36. The van der Waals surface area contributed by atoms with Gasteiger partial charge >= 0.3 is 11.9 Å². The minimum atomic E-state index is -0.871. The molecule has 0 aromatic rings. The van der Waals surface area contributed by atoms with Crippen LogP contribution in [-0.4, -0.2) is 37.0 Å². The van der Waals surface area contributed by atoms with Gasteiger partial charge in [-0.1, -0.05) is 18.7 Å². The van der Waals surface area contributed by atoms with Crippen LogP contribution in [0, 0.1) is 0 Å². The van der Waals surface area contributed by atoms with Crippen LogP contribution in [0.15, 0.2) is 25.3 Å². The average molecular weight is 183 g/mol. The molecule has 0 aromatic heterocycles. The molecule has 0 saturated heterocycles. The highest BCUT2D eigenvalue weighted by molar-refractivity contribution is 6.32. The lowest BCUT2D eigenvalue weighted by atomic mass is 10.5. The van der Waals surface area contributed by atoms with E-state index in [1.165, 1.54) is 24.1 Å². The van der Waals surface area contributed by atoms with Crippen molar-refractivity contribution in [1.82, 2.24) is 4.90 Å². The Bertz CT molecular complexity index is 223. The van der Waals surface area contributed by atoms with E-state index in [1.54, 1.807) is 0 Å². The van der Waals surface area contributed by atoms with Crippen molar-refractivity contribution >= 4 is 11.9 Å². The quantitative estimate of drug-likeness (QED) is 0.359. The first-order valence-electron chi connectivity index (χ1n) is 3.77. The standard InChI is InChI=1S/C9H13NO3/c1-4-6-10(3)8(11)9(12)13-7-5-2/h4-5H,1-2,6-7H2,3H3. The zero-order valence-electron chi connectivity index (χ0n) is 7.66. The SMILES string of the molecule is C=CCOC(=O)C(=O)N(C)CC=C. The van der Waals surface area contributed by atoms with Crippen molar-refractivity contribution in [3.05, 3.63) is 25.3 Å². The lowest BCUT2D eigenvalue weighted by Gasteiger charge is -2.12. The summed E-state index contributed by atoms with van der Waals surface area (Å²) in [6.07, 6.45) is 2.93. The molecule has 0 fully saturated rings. The van der Waals surface area contributed by atoms with E-state index in [0.29, 0.717) is 6.54 Å². The molecule has 13 heavy (non-hydrogen) atoms. The molecule has 0 aliphatic rings. The Morgan fingerprint density at radius 3 is 2.46 bits per heavy atom. The molecule has 0 spiro atoms. The number of hydrogen-bond donors (Lipinski definition) is 0. The molecular formula is C9H13NO3. The minimum Gasteiger partial charge on any atom is -0.454 e. The molecule has 0 aromatic carbocycles. The Labute approximate surface area is 77.5 Å². The number of hydrogen-bond acceptors (Lipinski definition) is 3. The molecule has 1 amide bonds. The van der Waals surface area contributed by atoms with Crippen LogP contribution in [0.5, 0.6) is 0 Å². The van der Waals surface area contributed by atoms with Gasteiger partial charge in [-0.25, -0.2) is 4.79 Å². The third-order valence-electron chi connectivity index (χ3n) is 1.26. The van der Waals surface area contributed by atoms with Gasteiger partial charge in [-0.15, -0.1) is 6.58 Å². The van der Waals surface area contributed by atoms with Crippen molar-refractivity contribution < 1.29 is 14.3 Å². The van der Waals surface area contributed by atoms with E-state index in [1.807, 2.05) is 0 Å². The fourth-order valence-corrected chi connectivity index (χ4v) is 0.629. The maximum absolute atomic E-state index is 11.1. The first-order chi connectivity index (χ1) is 6.13. The molecule has 72 valence electrons. The summed E-state index contributed by atoms with van der Waals surface area (Å²) in [6, 6.07) is 0. The van der Waals surface area contributed by atoms with Crippen molar-refractivity contribution in [1.29, 1.82) is 0 Å². The van der Waals surface area contributed by atoms with E-state index >= 15 is 0 Å². The van der Waals surface area contributed by atoms with Gasteiger partial charge in [0.05, 0.1) is 0 Å². The Morgan fingerprint density at radius 2 is 2.00 bits per heavy atom. The van der Waals surface area contributed by atoms with E-state index in [0.717, 1.165) is 0 Å². The molecule has 0 rings (SSSR count). The number of carbonyl (C=O) groups is 2. The zero-order chi connectivity index (χ0) is 10.3. The van der Waals surface area contributed by atoms with Crippen molar-refractivity contribution in [2.75, 3.05) is 20.2 Å². The second kappa shape index (κ2) is 5.99. The van der Waals surface area contributed by atoms with Gasteiger partial charge in [0, 0.05) is 13.6 Å². The molecule has 0 aliphatic heterocycles. The van der Waals surface area contributed by atoms with Gasteiger partial charge in [0.2, 0.25) is 0 Å². The van der Waals surface area contributed by atoms with Crippen LogP contribution in [0.2, 0.25) is 0 Å². The van der Waals surface area contributed by atoms with Gasteiger partial charge in [-0.05, 0) is 0 Å². The summed E-state index contributed by atoms with van der Waals surface area (Å²) in [5.74, 6) is -1.55. The lowest BCUT2D eigenvalue weighted by molar-refractivity contribution is -0.158. The van der Waals surface area contributed by atoms with Crippen LogP contribution >= 0.6 is 0 Å². The molecule has 0 heterocycles. The number of amides is 1. The van der Waals surface area contributed by atoms with Crippen LogP contribution in [0.4, 0.5) is 0 Å². The van der Waals surface area contributed by atoms with Crippen LogP contribution in [0.3, 0.4) is 0 Å². The smallest absolute Gasteiger partial charge is 0.397 e. The molecule has 4 nitrogen and oxygen atoms in total. The monoisotopic (exact) mass is 183 g/mol. The van der Waals surface area contributed by atoms with Crippen LogP contribution in [0.1, 0.15) is 0 Å². The maximum Gasteiger partial charge on any atom is 0.397 e. The summed E-state index contributed by atoms with van der Waals surface area (Å²) >= 11 is 0. The van der Waals surface area contributed by atoms with Crippen LogP contribution in [-0.2, 0) is 14.3 Å². The summed E-state index contributed by atoms with van der Waals surface area (Å²) in [4.78, 5) is 23.3. The Hall–Kier alpha value is -1.58. The number of esters is 1. The molecular weight excluding hydrogens is 170 g/mol. The largest absolute Gasteiger partial charge is 0.454 e. The minimum absolute atomic E-state index is 0.0481. The van der Waals surface area contributed by atoms with Gasteiger partial charge in [-0.2, -0.15) is 0 Å². The number of nitrogens with zero attached hydrogens (tertiary/aromatic N) is 1. The summed E-state index contributed by atoms with van der Waals surface area (Å²) in [5, 5.41) is 0. The number of likely N-dealkylation sites (N-methyl/N-ethyl adjacent to an activating group) is 1. The van der Waals surface area contributed by atoms with Crippen molar-refractivity contribution in [3.63, 3.8) is 0 Å². The highest BCUT2D eigenvalue weighted by Crippen LogP contribution is 1.89. The predicted octanol–water partition coefficient (Wildman–Crippen LogP) is 0.360. The van der Waals surface area contributed by atoms with Gasteiger partial charge < -0.3 is 9.64 Å². The summed E-state index contributed by atoms with van der Waals surface area (Å²) in [7, 11) is 1.50. The third kappa shape index (κ3) is 4.10. The highest BCUT2D eigenvalue weighted by atomic mass is 16.5. The molecule has 0 saturated carbocycles. The van der Waals surface area contributed by atoms with E-state index in [9.17, 15) is 9.59 Å². The number of ether oxygens (including phenoxy) is 1. The topological polar surface area (TPSA) is 46.6 Å². The zero-order valence-corrected chi connectivity index (χ0v) is 7.66. The highest BCUT2D eigenvalue weighted by Gasteiger charge is 2.18.